The van der Waals surface area contributed by atoms with E-state index in [4.69, 9.17) is 0 Å². The molecule has 2 aromatic heterocycles. The van der Waals surface area contributed by atoms with Gasteiger partial charge in [0.05, 0.1) is 30.4 Å². The SMILES string of the molecule is N#Cc1ccccc1Cn1c(N2CCCCC2)cc(=O)n(Cc2ccc(-n3cccn3)cc2)c1=O. The first-order valence-corrected chi connectivity index (χ1v) is 11.8. The molecule has 0 aliphatic carbocycles. The molecule has 5 rings (SSSR count). The molecule has 0 atom stereocenters. The summed E-state index contributed by atoms with van der Waals surface area (Å²) in [5.41, 5.74) is 2.32. The summed E-state index contributed by atoms with van der Waals surface area (Å²) < 4.78 is 4.66. The third-order valence-electron chi connectivity index (χ3n) is 6.45. The Balaban J connectivity index is 1.54. The fourth-order valence-electron chi connectivity index (χ4n) is 4.58. The normalized spacial score (nSPS) is 13.5. The summed E-state index contributed by atoms with van der Waals surface area (Å²) in [7, 11) is 0. The molecule has 0 N–H and O–H groups in total. The largest absolute Gasteiger partial charge is 0.358 e. The first kappa shape index (κ1) is 22.4. The first-order chi connectivity index (χ1) is 17.1. The minimum atomic E-state index is -0.373. The summed E-state index contributed by atoms with van der Waals surface area (Å²) in [4.78, 5) is 29.0. The molecular formula is C27H26N6O2. The fourth-order valence-corrected chi connectivity index (χ4v) is 4.58. The van der Waals surface area contributed by atoms with Gasteiger partial charge in [-0.15, -0.1) is 0 Å². The van der Waals surface area contributed by atoms with Crippen LogP contribution in [0.25, 0.3) is 5.69 Å². The number of hydrogen-bond acceptors (Lipinski definition) is 5. The van der Waals surface area contributed by atoms with Crippen LogP contribution in [-0.2, 0) is 13.1 Å². The van der Waals surface area contributed by atoms with Crippen molar-refractivity contribution in [1.82, 2.24) is 18.9 Å². The van der Waals surface area contributed by atoms with Gasteiger partial charge in [-0.05, 0) is 54.7 Å². The number of aromatic nitrogens is 4. The molecule has 0 radical (unpaired) electrons. The Morgan fingerprint density at radius 3 is 2.37 bits per heavy atom. The van der Waals surface area contributed by atoms with E-state index < -0.39 is 0 Å². The number of benzene rings is 2. The van der Waals surface area contributed by atoms with Crippen molar-refractivity contribution in [2.75, 3.05) is 18.0 Å². The number of nitriles is 1. The molecule has 3 heterocycles. The Kier molecular flexibility index (Phi) is 6.31. The van der Waals surface area contributed by atoms with Gasteiger partial charge in [0.2, 0.25) is 0 Å². The standard InChI is InChI=1S/C27H26N6O2/c28-18-22-7-2-3-8-23(22)20-31-25(30-14-4-1-5-15-30)17-26(34)32(27(31)35)19-21-9-11-24(12-10-21)33-16-6-13-29-33/h2-3,6-13,16-17H,1,4-5,14-15,19-20H2. The summed E-state index contributed by atoms with van der Waals surface area (Å²) in [6, 6.07) is 20.5. The van der Waals surface area contributed by atoms with Crippen LogP contribution >= 0.6 is 0 Å². The minimum Gasteiger partial charge on any atom is -0.358 e. The predicted octanol–water partition coefficient (Wildman–Crippen LogP) is 3.15. The molecule has 1 fully saturated rings. The van der Waals surface area contributed by atoms with Gasteiger partial charge < -0.3 is 4.90 Å². The minimum absolute atomic E-state index is 0.164. The van der Waals surface area contributed by atoms with Crippen LogP contribution in [0, 0.1) is 11.3 Å². The molecule has 0 unspecified atom stereocenters. The van der Waals surface area contributed by atoms with Crippen LogP contribution in [0.4, 0.5) is 5.82 Å². The van der Waals surface area contributed by atoms with Crippen molar-refractivity contribution in [2.24, 2.45) is 0 Å². The molecule has 0 amide bonds. The van der Waals surface area contributed by atoms with Crippen molar-refractivity contribution in [3.05, 3.63) is 111 Å². The van der Waals surface area contributed by atoms with Crippen molar-refractivity contribution >= 4 is 5.82 Å². The molecule has 8 heteroatoms. The number of piperidine rings is 1. The topological polar surface area (TPSA) is 88.8 Å². The zero-order valence-electron chi connectivity index (χ0n) is 19.4. The summed E-state index contributed by atoms with van der Waals surface area (Å²) in [5.74, 6) is 0.623. The molecular weight excluding hydrogens is 440 g/mol. The zero-order valence-corrected chi connectivity index (χ0v) is 19.4. The van der Waals surface area contributed by atoms with E-state index in [1.165, 1.54) is 4.57 Å². The highest BCUT2D eigenvalue weighted by atomic mass is 16.2. The molecule has 0 bridgehead atoms. The molecule has 176 valence electrons. The predicted molar refractivity (Wildman–Crippen MR) is 134 cm³/mol. The molecule has 4 aromatic rings. The molecule has 0 saturated carbocycles. The van der Waals surface area contributed by atoms with Crippen LogP contribution in [0.5, 0.6) is 0 Å². The monoisotopic (exact) mass is 466 g/mol. The Morgan fingerprint density at radius 1 is 0.886 bits per heavy atom. The second-order valence-corrected chi connectivity index (χ2v) is 8.73. The zero-order chi connectivity index (χ0) is 24.2. The van der Waals surface area contributed by atoms with Crippen LogP contribution in [0.2, 0.25) is 0 Å². The van der Waals surface area contributed by atoms with E-state index in [0.717, 1.165) is 49.2 Å². The molecule has 35 heavy (non-hydrogen) atoms. The highest BCUT2D eigenvalue weighted by molar-refractivity contribution is 5.43. The van der Waals surface area contributed by atoms with Crippen molar-refractivity contribution in [1.29, 1.82) is 5.26 Å². The third-order valence-corrected chi connectivity index (χ3v) is 6.45. The third kappa shape index (κ3) is 4.66. The highest BCUT2D eigenvalue weighted by Crippen LogP contribution is 2.20. The van der Waals surface area contributed by atoms with Gasteiger partial charge in [0, 0.05) is 31.5 Å². The first-order valence-electron chi connectivity index (χ1n) is 11.8. The maximum atomic E-state index is 13.7. The fraction of sp³-hybridized carbons (Fsp3) is 0.259. The molecule has 1 aliphatic rings. The van der Waals surface area contributed by atoms with E-state index in [-0.39, 0.29) is 24.3 Å². The maximum Gasteiger partial charge on any atom is 0.333 e. The lowest BCUT2D eigenvalue weighted by Crippen LogP contribution is -2.44. The molecule has 8 nitrogen and oxygen atoms in total. The lowest BCUT2D eigenvalue weighted by molar-refractivity contribution is 0.542. The van der Waals surface area contributed by atoms with Crippen LogP contribution in [0.1, 0.15) is 36.0 Å². The molecule has 1 saturated heterocycles. The number of anilines is 1. The van der Waals surface area contributed by atoms with Gasteiger partial charge in [0.1, 0.15) is 5.82 Å². The molecule has 2 aromatic carbocycles. The second kappa shape index (κ2) is 9.85. The average molecular weight is 467 g/mol. The summed E-state index contributed by atoms with van der Waals surface area (Å²) >= 11 is 0. The van der Waals surface area contributed by atoms with Crippen molar-refractivity contribution < 1.29 is 0 Å². The summed E-state index contributed by atoms with van der Waals surface area (Å²) in [6.45, 7) is 2.00. The van der Waals surface area contributed by atoms with E-state index in [1.54, 1.807) is 27.6 Å². The van der Waals surface area contributed by atoms with Gasteiger partial charge in [-0.1, -0.05) is 30.3 Å². The van der Waals surface area contributed by atoms with Crippen LogP contribution in [0.3, 0.4) is 0 Å². The smallest absolute Gasteiger partial charge is 0.333 e. The summed E-state index contributed by atoms with van der Waals surface area (Å²) in [6.07, 6.45) is 6.76. The van der Waals surface area contributed by atoms with Crippen LogP contribution in [-0.4, -0.2) is 32.0 Å². The summed E-state index contributed by atoms with van der Waals surface area (Å²) in [5, 5.41) is 13.8. The van der Waals surface area contributed by atoms with E-state index in [2.05, 4.69) is 16.1 Å². The van der Waals surface area contributed by atoms with Crippen molar-refractivity contribution in [2.45, 2.75) is 32.4 Å². The lowest BCUT2D eigenvalue weighted by Gasteiger charge is -2.31. The van der Waals surface area contributed by atoms with E-state index >= 15 is 0 Å². The van der Waals surface area contributed by atoms with E-state index in [0.29, 0.717) is 11.4 Å². The van der Waals surface area contributed by atoms with Crippen molar-refractivity contribution in [3.63, 3.8) is 0 Å². The number of nitrogens with zero attached hydrogens (tertiary/aromatic N) is 6. The van der Waals surface area contributed by atoms with Gasteiger partial charge in [0.15, 0.2) is 0 Å². The number of rotatable bonds is 6. The average Bonchev–Trinajstić information content (AvgIpc) is 3.44. The quantitative estimate of drug-likeness (QED) is 0.436. The van der Waals surface area contributed by atoms with Gasteiger partial charge in [-0.2, -0.15) is 10.4 Å². The highest BCUT2D eigenvalue weighted by Gasteiger charge is 2.20. The molecule has 0 spiro atoms. The molecule has 1 aliphatic heterocycles. The van der Waals surface area contributed by atoms with Gasteiger partial charge in [0.25, 0.3) is 5.56 Å². The Hall–Kier alpha value is -4.38. The lowest BCUT2D eigenvalue weighted by atomic mass is 10.1. The van der Waals surface area contributed by atoms with Gasteiger partial charge >= 0.3 is 5.69 Å². The van der Waals surface area contributed by atoms with Gasteiger partial charge in [-0.3, -0.25) is 13.9 Å². The second-order valence-electron chi connectivity index (χ2n) is 8.73. The van der Waals surface area contributed by atoms with Crippen LogP contribution < -0.4 is 16.1 Å². The van der Waals surface area contributed by atoms with Gasteiger partial charge in [-0.25, -0.2) is 9.48 Å². The van der Waals surface area contributed by atoms with E-state index in [1.807, 2.05) is 54.7 Å². The van der Waals surface area contributed by atoms with Crippen LogP contribution in [0.15, 0.2) is 82.6 Å². The Bertz CT molecular complexity index is 1470. The van der Waals surface area contributed by atoms with E-state index in [9.17, 15) is 14.9 Å². The maximum absolute atomic E-state index is 13.7. The Labute approximate surface area is 202 Å². The Morgan fingerprint density at radius 2 is 1.66 bits per heavy atom. The number of hydrogen-bond donors (Lipinski definition) is 0. The van der Waals surface area contributed by atoms with Crippen molar-refractivity contribution in [3.8, 4) is 11.8 Å².